The van der Waals surface area contributed by atoms with Crippen molar-refractivity contribution in [2.75, 3.05) is 6.54 Å². The lowest BCUT2D eigenvalue weighted by molar-refractivity contribution is 0.567. The number of rotatable bonds is 5. The molecule has 2 aromatic heterocycles. The van der Waals surface area contributed by atoms with Gasteiger partial charge in [-0.2, -0.15) is 10.2 Å². The predicted molar refractivity (Wildman–Crippen MR) is 59.8 cm³/mol. The van der Waals surface area contributed by atoms with Crippen LogP contribution in [-0.4, -0.2) is 31.1 Å². The van der Waals surface area contributed by atoms with E-state index in [1.54, 1.807) is 6.33 Å². The molecule has 16 heavy (non-hydrogen) atoms. The minimum Gasteiger partial charge on any atom is -0.330 e. The van der Waals surface area contributed by atoms with Crippen molar-refractivity contribution in [3.05, 3.63) is 30.1 Å². The number of nitrogens with two attached hydrogens (primary N) is 1. The van der Waals surface area contributed by atoms with Crippen LogP contribution in [0, 0.1) is 0 Å². The van der Waals surface area contributed by atoms with Gasteiger partial charge in [0.15, 0.2) is 0 Å². The van der Waals surface area contributed by atoms with Gasteiger partial charge in [0, 0.05) is 12.7 Å². The Bertz CT molecular complexity index is 444. The first-order valence-electron chi connectivity index (χ1n) is 5.41. The van der Waals surface area contributed by atoms with Gasteiger partial charge in [-0.3, -0.25) is 4.68 Å². The molecule has 2 heterocycles. The van der Waals surface area contributed by atoms with Crippen LogP contribution < -0.4 is 5.73 Å². The summed E-state index contributed by atoms with van der Waals surface area (Å²) < 4.78 is 3.73. The van der Waals surface area contributed by atoms with Gasteiger partial charge >= 0.3 is 0 Å². The Morgan fingerprint density at radius 3 is 3.00 bits per heavy atom. The number of aryl methyl sites for hydroxylation is 1. The summed E-state index contributed by atoms with van der Waals surface area (Å²) in [6, 6.07) is 0. The Balaban J connectivity index is 2.08. The second-order valence-electron chi connectivity index (χ2n) is 3.58. The molecule has 0 radical (unpaired) electrons. The molecule has 6 heteroatoms. The second kappa shape index (κ2) is 4.89. The highest BCUT2D eigenvalue weighted by molar-refractivity contribution is 5.05. The second-order valence-corrected chi connectivity index (χ2v) is 3.58. The van der Waals surface area contributed by atoms with Crippen molar-refractivity contribution in [2.24, 2.45) is 5.73 Å². The topological polar surface area (TPSA) is 74.5 Å². The highest BCUT2D eigenvalue weighted by Gasteiger charge is 2.04. The van der Waals surface area contributed by atoms with Gasteiger partial charge in [0.25, 0.3) is 0 Å². The molecule has 0 aliphatic heterocycles. The number of hydrogen-bond acceptors (Lipinski definition) is 4. The highest BCUT2D eigenvalue weighted by atomic mass is 15.4. The maximum Gasteiger partial charge on any atom is 0.148 e. The lowest BCUT2D eigenvalue weighted by Crippen LogP contribution is -2.09. The molecule has 0 unspecified atom stereocenters. The molecule has 86 valence electrons. The van der Waals surface area contributed by atoms with Crippen LogP contribution in [0.1, 0.15) is 18.3 Å². The Morgan fingerprint density at radius 2 is 2.25 bits per heavy atom. The molecule has 0 aliphatic carbocycles. The molecule has 0 atom stereocenters. The van der Waals surface area contributed by atoms with E-state index >= 15 is 0 Å². The van der Waals surface area contributed by atoms with Crippen molar-refractivity contribution in [3.63, 3.8) is 0 Å². The summed E-state index contributed by atoms with van der Waals surface area (Å²) in [5.74, 6) is 0.921. The number of hydrogen-bond donors (Lipinski definition) is 1. The lowest BCUT2D eigenvalue weighted by atomic mass is 10.3. The van der Waals surface area contributed by atoms with Gasteiger partial charge in [0.05, 0.1) is 6.20 Å². The molecular formula is C10H16N6. The third kappa shape index (κ3) is 2.27. The van der Waals surface area contributed by atoms with E-state index in [1.807, 2.05) is 28.7 Å². The monoisotopic (exact) mass is 220 g/mol. The number of aromatic nitrogens is 5. The third-order valence-corrected chi connectivity index (χ3v) is 2.42. The molecule has 6 nitrogen and oxygen atoms in total. The summed E-state index contributed by atoms with van der Waals surface area (Å²) in [5, 5.41) is 8.38. The molecule has 0 spiro atoms. The first-order chi connectivity index (χ1) is 7.83. The molecule has 2 aromatic rings. The SMILES string of the molecule is CCn1ncnc1Cn1cc(CCN)cn1. The fourth-order valence-electron chi connectivity index (χ4n) is 1.61. The number of nitrogens with zero attached hydrogens (tertiary/aromatic N) is 5. The van der Waals surface area contributed by atoms with Crippen molar-refractivity contribution in [1.29, 1.82) is 0 Å². The standard InChI is InChI=1S/C10H16N6/c1-2-16-10(12-8-14-16)7-15-6-9(3-4-11)5-13-15/h5-6,8H,2-4,7,11H2,1H3. The Kier molecular flexibility index (Phi) is 3.31. The quantitative estimate of drug-likeness (QED) is 0.772. The summed E-state index contributed by atoms with van der Waals surface area (Å²) >= 11 is 0. The Morgan fingerprint density at radius 1 is 1.38 bits per heavy atom. The molecule has 0 saturated carbocycles. The van der Waals surface area contributed by atoms with Gasteiger partial charge in [-0.25, -0.2) is 9.67 Å². The molecule has 0 aromatic carbocycles. The van der Waals surface area contributed by atoms with E-state index in [4.69, 9.17) is 5.73 Å². The summed E-state index contributed by atoms with van der Waals surface area (Å²) in [6.45, 7) is 4.17. The molecule has 2 rings (SSSR count). The summed E-state index contributed by atoms with van der Waals surface area (Å²) in [4.78, 5) is 4.20. The lowest BCUT2D eigenvalue weighted by Gasteiger charge is -2.02. The van der Waals surface area contributed by atoms with Crippen LogP contribution in [0.3, 0.4) is 0 Å². The van der Waals surface area contributed by atoms with Gasteiger partial charge in [-0.15, -0.1) is 0 Å². The fraction of sp³-hybridized carbons (Fsp3) is 0.500. The summed E-state index contributed by atoms with van der Waals surface area (Å²) in [7, 11) is 0. The minimum atomic E-state index is 0.650. The molecule has 0 aliphatic rings. The van der Waals surface area contributed by atoms with E-state index in [0.717, 1.165) is 24.4 Å². The van der Waals surface area contributed by atoms with Crippen LogP contribution in [0.25, 0.3) is 0 Å². The molecule has 0 fully saturated rings. The predicted octanol–water partition coefficient (Wildman–Crippen LogP) is 0.0440. The minimum absolute atomic E-state index is 0.650. The zero-order valence-electron chi connectivity index (χ0n) is 9.37. The van der Waals surface area contributed by atoms with Gasteiger partial charge in [-0.1, -0.05) is 0 Å². The van der Waals surface area contributed by atoms with Crippen LogP contribution >= 0.6 is 0 Å². The van der Waals surface area contributed by atoms with E-state index < -0.39 is 0 Å². The molecule has 0 bridgehead atoms. The molecule has 2 N–H and O–H groups in total. The Labute approximate surface area is 94.1 Å². The van der Waals surface area contributed by atoms with Crippen molar-refractivity contribution in [3.8, 4) is 0 Å². The Hall–Kier alpha value is -1.69. The van der Waals surface area contributed by atoms with Crippen LogP contribution in [0.2, 0.25) is 0 Å². The van der Waals surface area contributed by atoms with Gasteiger partial charge in [-0.05, 0) is 25.5 Å². The van der Waals surface area contributed by atoms with Crippen LogP contribution in [-0.2, 0) is 19.5 Å². The maximum absolute atomic E-state index is 5.49. The van der Waals surface area contributed by atoms with Gasteiger partial charge in [0.1, 0.15) is 18.7 Å². The van der Waals surface area contributed by atoms with Crippen LogP contribution in [0.5, 0.6) is 0 Å². The van der Waals surface area contributed by atoms with E-state index in [9.17, 15) is 0 Å². The summed E-state index contributed by atoms with van der Waals surface area (Å²) in [5.41, 5.74) is 6.65. The smallest absolute Gasteiger partial charge is 0.148 e. The molecule has 0 amide bonds. The van der Waals surface area contributed by atoms with E-state index in [0.29, 0.717) is 13.1 Å². The van der Waals surface area contributed by atoms with Crippen molar-refractivity contribution >= 4 is 0 Å². The van der Waals surface area contributed by atoms with E-state index in [-0.39, 0.29) is 0 Å². The normalized spacial score (nSPS) is 10.9. The fourth-order valence-corrected chi connectivity index (χ4v) is 1.61. The molecule has 0 saturated heterocycles. The third-order valence-electron chi connectivity index (χ3n) is 2.42. The zero-order chi connectivity index (χ0) is 11.4. The first kappa shape index (κ1) is 10.8. The zero-order valence-corrected chi connectivity index (χ0v) is 9.37. The largest absolute Gasteiger partial charge is 0.330 e. The van der Waals surface area contributed by atoms with E-state index in [1.165, 1.54) is 0 Å². The van der Waals surface area contributed by atoms with Gasteiger partial charge < -0.3 is 5.73 Å². The van der Waals surface area contributed by atoms with Crippen molar-refractivity contribution < 1.29 is 0 Å². The highest BCUT2D eigenvalue weighted by Crippen LogP contribution is 2.02. The average molecular weight is 220 g/mol. The van der Waals surface area contributed by atoms with Crippen molar-refractivity contribution in [2.45, 2.75) is 26.4 Å². The maximum atomic E-state index is 5.49. The van der Waals surface area contributed by atoms with Crippen LogP contribution in [0.4, 0.5) is 0 Å². The first-order valence-corrected chi connectivity index (χ1v) is 5.41. The van der Waals surface area contributed by atoms with E-state index in [2.05, 4.69) is 15.2 Å². The summed E-state index contributed by atoms with van der Waals surface area (Å²) in [6.07, 6.45) is 6.28. The van der Waals surface area contributed by atoms with Gasteiger partial charge in [0.2, 0.25) is 0 Å². The average Bonchev–Trinajstić information content (AvgIpc) is 2.89. The molecular weight excluding hydrogens is 204 g/mol. The van der Waals surface area contributed by atoms with Crippen LogP contribution in [0.15, 0.2) is 18.7 Å². The van der Waals surface area contributed by atoms with Crippen molar-refractivity contribution in [1.82, 2.24) is 24.5 Å².